The molecule has 0 aromatic heterocycles. The molecule has 1 N–H and O–H groups in total. The molecule has 2 aromatic rings. The van der Waals surface area contributed by atoms with Gasteiger partial charge in [0.1, 0.15) is 12.6 Å². The summed E-state index contributed by atoms with van der Waals surface area (Å²) in [5, 5.41) is 14.5. The number of unbranched alkanes of at least 4 members (excludes halogenated alkanes) is 1. The normalized spacial score (nSPS) is 12.0. The van der Waals surface area contributed by atoms with Gasteiger partial charge in [0.2, 0.25) is 21.8 Å². The van der Waals surface area contributed by atoms with Crippen molar-refractivity contribution in [3.63, 3.8) is 0 Å². The molecule has 0 radical (unpaired) electrons. The lowest BCUT2D eigenvalue weighted by Crippen LogP contribution is -2.51. The molecular formula is C24H31ClN4O6S. The zero-order chi connectivity index (χ0) is 27.0. The Morgan fingerprint density at radius 2 is 1.89 bits per heavy atom. The van der Waals surface area contributed by atoms with Gasteiger partial charge in [-0.05, 0) is 43.5 Å². The van der Waals surface area contributed by atoms with Crippen LogP contribution in [0.2, 0.25) is 5.02 Å². The smallest absolute Gasteiger partial charge is 0.271 e. The van der Waals surface area contributed by atoms with Gasteiger partial charge in [-0.2, -0.15) is 0 Å². The minimum atomic E-state index is -4.01. The number of anilines is 1. The van der Waals surface area contributed by atoms with E-state index < -0.39 is 33.4 Å². The van der Waals surface area contributed by atoms with Crippen molar-refractivity contribution < 1.29 is 22.9 Å². The fourth-order valence-corrected chi connectivity index (χ4v) is 4.64. The van der Waals surface area contributed by atoms with E-state index in [0.717, 1.165) is 29.5 Å². The molecule has 10 nitrogen and oxygen atoms in total. The molecule has 0 aliphatic carbocycles. The van der Waals surface area contributed by atoms with Gasteiger partial charge in [-0.25, -0.2) is 8.42 Å². The number of nitro benzene ring substituents is 1. The Kier molecular flexibility index (Phi) is 10.2. The van der Waals surface area contributed by atoms with Crippen LogP contribution in [0.1, 0.15) is 37.8 Å². The van der Waals surface area contributed by atoms with E-state index in [-0.39, 0.29) is 23.8 Å². The second-order valence-corrected chi connectivity index (χ2v) is 10.8. The summed E-state index contributed by atoms with van der Waals surface area (Å²) in [7, 11) is -4.01. The summed E-state index contributed by atoms with van der Waals surface area (Å²) in [5.74, 6) is -1.03. The van der Waals surface area contributed by atoms with E-state index >= 15 is 0 Å². The average molecular weight is 539 g/mol. The number of nitro groups is 1. The predicted molar refractivity (Wildman–Crippen MR) is 139 cm³/mol. The first-order valence-corrected chi connectivity index (χ1v) is 13.6. The molecule has 12 heteroatoms. The van der Waals surface area contributed by atoms with E-state index in [2.05, 4.69) is 5.32 Å². The SMILES string of the molecule is CCCCNC(=O)C(C)N(Cc1cccc(Cl)c1)C(=O)CN(c1cc([N+](=O)[O-])ccc1C)S(C)(=O)=O. The van der Waals surface area contributed by atoms with Gasteiger partial charge in [0.15, 0.2) is 0 Å². The maximum absolute atomic E-state index is 13.5. The molecule has 1 unspecified atom stereocenters. The molecular weight excluding hydrogens is 508 g/mol. The minimum Gasteiger partial charge on any atom is -0.354 e. The van der Waals surface area contributed by atoms with Gasteiger partial charge in [-0.1, -0.05) is 43.1 Å². The van der Waals surface area contributed by atoms with Crippen LogP contribution in [0.15, 0.2) is 42.5 Å². The molecule has 36 heavy (non-hydrogen) atoms. The maximum Gasteiger partial charge on any atom is 0.271 e. The molecule has 2 aromatic carbocycles. The number of rotatable bonds is 12. The number of carbonyl (C=O) groups excluding carboxylic acids is 2. The summed E-state index contributed by atoms with van der Waals surface area (Å²) >= 11 is 6.09. The van der Waals surface area contributed by atoms with Crippen molar-refractivity contribution in [2.45, 2.75) is 46.2 Å². The molecule has 0 fully saturated rings. The van der Waals surface area contributed by atoms with E-state index in [1.807, 2.05) is 6.92 Å². The number of aryl methyl sites for hydroxylation is 1. The molecule has 0 aliphatic rings. The van der Waals surface area contributed by atoms with Crippen LogP contribution >= 0.6 is 11.6 Å². The number of carbonyl (C=O) groups is 2. The monoisotopic (exact) mass is 538 g/mol. The number of non-ortho nitro benzene ring substituents is 1. The fraction of sp³-hybridized carbons (Fsp3) is 0.417. The Hall–Kier alpha value is -3.18. The van der Waals surface area contributed by atoms with Gasteiger partial charge < -0.3 is 10.2 Å². The average Bonchev–Trinajstić information content (AvgIpc) is 2.80. The van der Waals surface area contributed by atoms with Crippen LogP contribution in [0.3, 0.4) is 0 Å². The number of nitrogens with one attached hydrogen (secondary N) is 1. The van der Waals surface area contributed by atoms with Crippen LogP contribution in [0, 0.1) is 17.0 Å². The summed E-state index contributed by atoms with van der Waals surface area (Å²) in [5.41, 5.74) is 0.797. The second-order valence-electron chi connectivity index (χ2n) is 8.47. The second kappa shape index (κ2) is 12.7. The first-order valence-electron chi connectivity index (χ1n) is 11.4. The molecule has 0 saturated carbocycles. The highest BCUT2D eigenvalue weighted by Crippen LogP contribution is 2.28. The van der Waals surface area contributed by atoms with Crippen LogP contribution < -0.4 is 9.62 Å². The number of nitrogens with zero attached hydrogens (tertiary/aromatic N) is 3. The van der Waals surface area contributed by atoms with E-state index in [4.69, 9.17) is 11.6 Å². The molecule has 196 valence electrons. The Morgan fingerprint density at radius 1 is 1.19 bits per heavy atom. The van der Waals surface area contributed by atoms with Crippen molar-refractivity contribution in [1.82, 2.24) is 10.2 Å². The Bertz CT molecular complexity index is 1220. The highest BCUT2D eigenvalue weighted by Gasteiger charge is 2.31. The summed E-state index contributed by atoms with van der Waals surface area (Å²) < 4.78 is 26.2. The van der Waals surface area contributed by atoms with Crippen LogP contribution in [-0.4, -0.2) is 55.4 Å². The standard InChI is InChI=1S/C24H31ClN4O6S/c1-5-6-12-26-24(31)18(3)27(15-19-8-7-9-20(25)13-19)23(30)16-28(36(4,34)35)22-14-21(29(32)33)11-10-17(22)2/h7-11,13-14,18H,5-6,12,15-16H2,1-4H3,(H,26,31). The Labute approximate surface area is 216 Å². The number of hydrogen-bond donors (Lipinski definition) is 1. The van der Waals surface area contributed by atoms with Crippen LogP contribution in [0.5, 0.6) is 0 Å². The number of hydrogen-bond acceptors (Lipinski definition) is 6. The topological polar surface area (TPSA) is 130 Å². The third-order valence-corrected chi connectivity index (χ3v) is 6.95. The summed E-state index contributed by atoms with van der Waals surface area (Å²) in [6.45, 7) is 4.95. The first-order chi connectivity index (χ1) is 16.8. The zero-order valence-corrected chi connectivity index (χ0v) is 22.3. The van der Waals surface area contributed by atoms with Crippen molar-refractivity contribution in [3.8, 4) is 0 Å². The summed E-state index contributed by atoms with van der Waals surface area (Å²) in [6, 6.07) is 9.66. The van der Waals surface area contributed by atoms with Gasteiger partial charge >= 0.3 is 0 Å². The first kappa shape index (κ1) is 29.1. The minimum absolute atomic E-state index is 0.00722. The fourth-order valence-electron chi connectivity index (χ4n) is 3.53. The van der Waals surface area contributed by atoms with Crippen molar-refractivity contribution in [1.29, 1.82) is 0 Å². The van der Waals surface area contributed by atoms with Crippen LogP contribution in [0.25, 0.3) is 0 Å². The zero-order valence-electron chi connectivity index (χ0n) is 20.7. The molecule has 0 bridgehead atoms. The molecule has 2 amide bonds. The highest BCUT2D eigenvalue weighted by atomic mass is 35.5. The summed E-state index contributed by atoms with van der Waals surface area (Å²) in [6.07, 6.45) is 2.57. The lowest BCUT2D eigenvalue weighted by Gasteiger charge is -2.32. The van der Waals surface area contributed by atoms with E-state index in [0.29, 0.717) is 22.7 Å². The van der Waals surface area contributed by atoms with E-state index in [1.165, 1.54) is 17.0 Å². The number of sulfonamides is 1. The Morgan fingerprint density at radius 3 is 2.47 bits per heavy atom. The number of halogens is 1. The Balaban J connectivity index is 2.44. The molecule has 0 spiro atoms. The largest absolute Gasteiger partial charge is 0.354 e. The van der Waals surface area contributed by atoms with Crippen LogP contribution in [-0.2, 0) is 26.2 Å². The van der Waals surface area contributed by atoms with Gasteiger partial charge in [0.05, 0.1) is 16.9 Å². The lowest BCUT2D eigenvalue weighted by atomic mass is 10.1. The molecule has 1 atom stereocenters. The van der Waals surface area contributed by atoms with Gasteiger partial charge in [-0.3, -0.25) is 24.0 Å². The quantitative estimate of drug-likeness (QED) is 0.249. The van der Waals surface area contributed by atoms with Crippen LogP contribution in [0.4, 0.5) is 11.4 Å². The van der Waals surface area contributed by atoms with Gasteiger partial charge in [0, 0.05) is 30.2 Å². The van der Waals surface area contributed by atoms with Gasteiger partial charge in [0.25, 0.3) is 5.69 Å². The van der Waals surface area contributed by atoms with E-state index in [1.54, 1.807) is 38.1 Å². The summed E-state index contributed by atoms with van der Waals surface area (Å²) in [4.78, 5) is 38.3. The number of benzene rings is 2. The van der Waals surface area contributed by atoms with Gasteiger partial charge in [-0.15, -0.1) is 0 Å². The third-order valence-electron chi connectivity index (χ3n) is 5.59. The highest BCUT2D eigenvalue weighted by molar-refractivity contribution is 7.92. The van der Waals surface area contributed by atoms with Crippen molar-refractivity contribution >= 4 is 44.8 Å². The van der Waals surface area contributed by atoms with Crippen molar-refractivity contribution in [2.24, 2.45) is 0 Å². The molecule has 0 saturated heterocycles. The molecule has 0 aliphatic heterocycles. The van der Waals surface area contributed by atoms with E-state index in [9.17, 15) is 28.1 Å². The number of amides is 2. The molecule has 2 rings (SSSR count). The lowest BCUT2D eigenvalue weighted by molar-refractivity contribution is -0.384. The third kappa shape index (κ3) is 7.92. The van der Waals surface area contributed by atoms with Crippen molar-refractivity contribution in [3.05, 3.63) is 68.7 Å². The predicted octanol–water partition coefficient (Wildman–Crippen LogP) is 3.66. The molecule has 0 heterocycles. The maximum atomic E-state index is 13.5. The van der Waals surface area contributed by atoms with Crippen molar-refractivity contribution in [2.75, 3.05) is 23.7 Å².